The van der Waals surface area contributed by atoms with Crippen LogP contribution < -0.4 is 0 Å². The van der Waals surface area contributed by atoms with Crippen molar-refractivity contribution in [1.29, 1.82) is 5.26 Å². The molecule has 3 aromatic rings. The van der Waals surface area contributed by atoms with Crippen LogP contribution in [0.5, 0.6) is 0 Å². The molecule has 0 saturated carbocycles. The van der Waals surface area contributed by atoms with Crippen LogP contribution in [0.2, 0.25) is 0 Å². The summed E-state index contributed by atoms with van der Waals surface area (Å²) in [6, 6.07) is 30.9. The van der Waals surface area contributed by atoms with Crippen LogP contribution in [0.15, 0.2) is 91.0 Å². The van der Waals surface area contributed by atoms with Crippen molar-refractivity contribution in [2.45, 2.75) is 4.31 Å². The van der Waals surface area contributed by atoms with Crippen molar-refractivity contribution < 1.29 is 32.0 Å². The number of rotatable bonds is 4. The molecule has 0 amide bonds. The zero-order valence-corrected chi connectivity index (χ0v) is 14.3. The Morgan fingerprint density at radius 3 is 1.17 bits per heavy atom. The first-order valence-corrected chi connectivity index (χ1v) is 8.16. The summed E-state index contributed by atoms with van der Waals surface area (Å²) < 4.78 is -0.432. The van der Waals surface area contributed by atoms with Crippen LogP contribution in [0.4, 0.5) is 0 Å². The number of hydrogen-bond donors (Lipinski definition) is 0. The van der Waals surface area contributed by atoms with Gasteiger partial charge in [-0.25, -0.2) is 0 Å². The summed E-state index contributed by atoms with van der Waals surface area (Å²) in [6.07, 6.45) is 0. The van der Waals surface area contributed by atoms with Crippen molar-refractivity contribution in [1.82, 2.24) is 0 Å². The van der Waals surface area contributed by atoms with E-state index in [2.05, 4.69) is 41.4 Å². The van der Waals surface area contributed by atoms with E-state index in [1.165, 1.54) is 0 Å². The van der Waals surface area contributed by atoms with Crippen LogP contribution in [0.1, 0.15) is 16.7 Å². The average molecular weight is 389 g/mol. The monoisotopic (exact) mass is 388 g/mol. The van der Waals surface area contributed by atoms with Gasteiger partial charge in [0.25, 0.3) is 0 Å². The molecule has 0 aliphatic carbocycles. The van der Waals surface area contributed by atoms with Crippen molar-refractivity contribution in [2.75, 3.05) is 0 Å². The second-order valence-corrected chi connectivity index (χ2v) is 6.26. The third kappa shape index (κ3) is 3.42. The molecular formula is C20H15CuFeN. The fraction of sp³-hybridized carbons (Fsp3) is 0.0500. The van der Waals surface area contributed by atoms with Crippen molar-refractivity contribution in [3.63, 3.8) is 0 Å². The molecule has 0 saturated heterocycles. The molecule has 0 aliphatic heterocycles. The van der Waals surface area contributed by atoms with Gasteiger partial charge in [0.15, 0.2) is 0 Å². The van der Waals surface area contributed by atoms with Crippen LogP contribution in [0.25, 0.3) is 0 Å². The van der Waals surface area contributed by atoms with E-state index in [1.54, 1.807) is 0 Å². The molecule has 1 radical (unpaired) electrons. The van der Waals surface area contributed by atoms with Crippen LogP contribution in [0.3, 0.4) is 0 Å². The van der Waals surface area contributed by atoms with Gasteiger partial charge < -0.3 is 0 Å². The minimum atomic E-state index is -0.432. The fourth-order valence-electron chi connectivity index (χ4n) is 2.70. The summed E-state index contributed by atoms with van der Waals surface area (Å²) in [4.78, 5) is 2.40. The zero-order chi connectivity index (χ0) is 15.3. The van der Waals surface area contributed by atoms with E-state index in [0.29, 0.717) is 15.0 Å². The van der Waals surface area contributed by atoms with Gasteiger partial charge in [-0.2, -0.15) is 0 Å². The van der Waals surface area contributed by atoms with Gasteiger partial charge in [-0.05, 0) is 0 Å². The summed E-state index contributed by atoms with van der Waals surface area (Å²) >= 11 is 0.408. The molecule has 0 heterocycles. The van der Waals surface area contributed by atoms with Gasteiger partial charge in [0.2, 0.25) is 0 Å². The van der Waals surface area contributed by atoms with Crippen molar-refractivity contribution in [3.8, 4) is 4.97 Å². The van der Waals surface area contributed by atoms with Crippen LogP contribution in [-0.4, -0.2) is 0 Å². The predicted octanol–water partition coefficient (Wildman–Crippen LogP) is 4.54. The summed E-state index contributed by atoms with van der Waals surface area (Å²) in [5, 5.41) is 9.54. The molecule has 0 bridgehead atoms. The van der Waals surface area contributed by atoms with E-state index in [9.17, 15) is 5.26 Å². The molecule has 0 unspecified atom stereocenters. The van der Waals surface area contributed by atoms with E-state index in [4.69, 9.17) is 0 Å². The molecule has 3 rings (SSSR count). The number of hydrogen-bond acceptors (Lipinski definition) is 1. The van der Waals surface area contributed by atoms with Gasteiger partial charge in [0, 0.05) is 17.1 Å². The quantitative estimate of drug-likeness (QED) is 0.475. The zero-order valence-electron chi connectivity index (χ0n) is 12.3. The first-order valence-electron chi connectivity index (χ1n) is 7.06. The fourth-order valence-corrected chi connectivity index (χ4v) is 3.92. The Labute approximate surface area is 154 Å². The standard InChI is InChI=1S/C19H15.CN.Cu.Fe/c1-4-10-16(11-5-1)19(17-12-6-2-7-13-17)18-14-8-3-9-15-18;1-2;;/h1-15H;;;. The van der Waals surface area contributed by atoms with Gasteiger partial charge in [-0.3, -0.25) is 0 Å². The molecule has 119 valence electrons. The topological polar surface area (TPSA) is 23.8 Å². The van der Waals surface area contributed by atoms with Gasteiger partial charge >= 0.3 is 137 Å². The third-order valence-corrected chi connectivity index (χ3v) is 5.16. The van der Waals surface area contributed by atoms with Crippen LogP contribution in [-0.2, 0) is 36.3 Å². The van der Waals surface area contributed by atoms with Gasteiger partial charge in [-0.15, -0.1) is 0 Å². The Hall–Kier alpha value is -1.81. The van der Waals surface area contributed by atoms with E-state index in [-0.39, 0.29) is 17.1 Å². The summed E-state index contributed by atoms with van der Waals surface area (Å²) in [5.41, 5.74) is 3.44. The molecule has 1 nitrogen and oxygen atoms in total. The van der Waals surface area contributed by atoms with Gasteiger partial charge in [-0.1, -0.05) is 0 Å². The first kappa shape index (κ1) is 17.5. The normalized spacial score (nSPS) is 10.6. The van der Waals surface area contributed by atoms with E-state index in [1.807, 2.05) is 54.6 Å². The Kier molecular flexibility index (Phi) is 6.22. The maximum Gasteiger partial charge on any atom is 0 e. The largest absolute Gasteiger partial charge is 0 e. The maximum absolute atomic E-state index is 9.54. The minimum absolute atomic E-state index is 0. The molecule has 0 fully saturated rings. The number of nitrogens with zero attached hydrogens (tertiary/aromatic N) is 1. The first-order chi connectivity index (χ1) is 10.9. The Bertz CT molecular complexity index is 670. The molecular weight excluding hydrogens is 374 g/mol. The molecule has 0 N–H and O–H groups in total. The third-order valence-electron chi connectivity index (χ3n) is 3.67. The minimum Gasteiger partial charge on any atom is 0 e. The number of nitriles is 1. The molecule has 3 heteroatoms. The SMILES string of the molecule is N#[C][Fe][C](c1ccccc1)(c1ccccc1)c1ccccc1.[Cu]. The Morgan fingerprint density at radius 2 is 0.913 bits per heavy atom. The predicted molar refractivity (Wildman–Crippen MR) is 84.8 cm³/mol. The molecule has 0 aliphatic rings. The smallest absolute Gasteiger partial charge is 0 e. The summed E-state index contributed by atoms with van der Waals surface area (Å²) in [6.45, 7) is 0. The van der Waals surface area contributed by atoms with Crippen LogP contribution in [0, 0.1) is 10.2 Å². The maximum atomic E-state index is 9.54. The van der Waals surface area contributed by atoms with E-state index < -0.39 is 4.31 Å². The molecule has 3 aromatic carbocycles. The molecule has 0 spiro atoms. The number of benzene rings is 3. The summed E-state index contributed by atoms with van der Waals surface area (Å²) in [5.74, 6) is 0. The van der Waals surface area contributed by atoms with E-state index in [0.717, 1.165) is 16.7 Å². The van der Waals surface area contributed by atoms with E-state index >= 15 is 0 Å². The Morgan fingerprint density at radius 1 is 0.609 bits per heavy atom. The van der Waals surface area contributed by atoms with Crippen molar-refractivity contribution in [3.05, 3.63) is 108 Å². The van der Waals surface area contributed by atoms with Gasteiger partial charge in [0.05, 0.1) is 0 Å². The van der Waals surface area contributed by atoms with Crippen molar-refractivity contribution >= 4 is 0 Å². The Balaban J connectivity index is 0.00000192. The van der Waals surface area contributed by atoms with Crippen molar-refractivity contribution in [2.24, 2.45) is 0 Å². The molecule has 0 aromatic heterocycles. The molecule has 23 heavy (non-hydrogen) atoms. The summed E-state index contributed by atoms with van der Waals surface area (Å²) in [7, 11) is 0. The molecule has 0 atom stereocenters. The second kappa shape index (κ2) is 8.16. The van der Waals surface area contributed by atoms with Gasteiger partial charge in [0.1, 0.15) is 0 Å². The van der Waals surface area contributed by atoms with Crippen LogP contribution >= 0.6 is 0 Å². The second-order valence-electron chi connectivity index (χ2n) is 4.91. The average Bonchev–Trinajstić information content (AvgIpc) is 2.62.